The molecule has 25 heavy (non-hydrogen) atoms. The van der Waals surface area contributed by atoms with Crippen molar-refractivity contribution in [2.75, 3.05) is 0 Å². The molecule has 0 aromatic carbocycles. The molecule has 1 saturated carbocycles. The second-order valence-electron chi connectivity index (χ2n) is 6.57. The Morgan fingerprint density at radius 2 is 1.52 bits per heavy atom. The van der Waals surface area contributed by atoms with Crippen LogP contribution in [0.15, 0.2) is 0 Å². The lowest BCUT2D eigenvalue weighted by molar-refractivity contribution is -0.205. The van der Waals surface area contributed by atoms with Gasteiger partial charge in [-0.05, 0) is 25.7 Å². The van der Waals surface area contributed by atoms with Gasteiger partial charge in [0.25, 0.3) is 0 Å². The van der Waals surface area contributed by atoms with Crippen LogP contribution in [0.5, 0.6) is 0 Å². The Labute approximate surface area is 150 Å². The summed E-state index contributed by atoms with van der Waals surface area (Å²) < 4.78 is 16.9. The first-order chi connectivity index (χ1) is 11.9. The van der Waals surface area contributed by atoms with Crippen molar-refractivity contribution in [2.24, 2.45) is 0 Å². The van der Waals surface area contributed by atoms with Gasteiger partial charge in [0, 0.05) is 25.7 Å². The monoisotopic (exact) mass is 356 g/mol. The van der Waals surface area contributed by atoms with Crippen LogP contribution in [-0.2, 0) is 28.6 Å². The summed E-state index contributed by atoms with van der Waals surface area (Å²) in [5.74, 6) is -0.893. The third-order valence-electron chi connectivity index (χ3n) is 4.66. The summed E-state index contributed by atoms with van der Waals surface area (Å²) in [6.07, 6.45) is 3.92. The smallest absolute Gasteiger partial charge is 0.306 e. The second-order valence-corrected chi connectivity index (χ2v) is 6.57. The Morgan fingerprint density at radius 3 is 2.08 bits per heavy atom. The molecule has 0 aromatic heterocycles. The summed E-state index contributed by atoms with van der Waals surface area (Å²) in [5, 5.41) is 0. The number of rotatable bonds is 9. The van der Waals surface area contributed by atoms with Crippen molar-refractivity contribution < 1.29 is 28.6 Å². The summed E-state index contributed by atoms with van der Waals surface area (Å²) in [6.45, 7) is 7.29. The molecule has 0 spiro atoms. The van der Waals surface area contributed by atoms with E-state index < -0.39 is 11.7 Å². The van der Waals surface area contributed by atoms with Gasteiger partial charge in [-0.2, -0.15) is 0 Å². The Balaban J connectivity index is 3.01. The molecule has 0 aromatic rings. The van der Waals surface area contributed by atoms with E-state index in [4.69, 9.17) is 14.2 Å². The average molecular weight is 356 g/mol. The Morgan fingerprint density at radius 1 is 0.920 bits per heavy atom. The summed E-state index contributed by atoms with van der Waals surface area (Å²) >= 11 is 0. The van der Waals surface area contributed by atoms with Gasteiger partial charge in [0.05, 0.1) is 0 Å². The summed E-state index contributed by atoms with van der Waals surface area (Å²) in [6, 6.07) is 0. The second kappa shape index (κ2) is 10.4. The lowest BCUT2D eigenvalue weighted by Gasteiger charge is -2.44. The molecule has 0 bridgehead atoms. The summed E-state index contributed by atoms with van der Waals surface area (Å²) in [7, 11) is 0. The van der Waals surface area contributed by atoms with Gasteiger partial charge in [-0.25, -0.2) is 0 Å². The maximum Gasteiger partial charge on any atom is 0.306 e. The van der Waals surface area contributed by atoms with E-state index in [0.29, 0.717) is 32.1 Å². The van der Waals surface area contributed by atoms with Crippen molar-refractivity contribution in [3.8, 4) is 0 Å². The lowest BCUT2D eigenvalue weighted by atomic mass is 9.77. The molecule has 0 radical (unpaired) electrons. The minimum absolute atomic E-state index is 0.251. The highest BCUT2D eigenvalue weighted by atomic mass is 16.6. The number of ether oxygens (including phenoxy) is 3. The third kappa shape index (κ3) is 6.33. The molecule has 1 rings (SSSR count). The van der Waals surface area contributed by atoms with Gasteiger partial charge >= 0.3 is 17.9 Å². The molecule has 3 atom stereocenters. The fourth-order valence-corrected chi connectivity index (χ4v) is 3.14. The summed E-state index contributed by atoms with van der Waals surface area (Å²) in [5.41, 5.74) is -0.816. The van der Waals surface area contributed by atoms with Crippen LogP contribution in [0, 0.1) is 0 Å². The first kappa shape index (κ1) is 21.5. The zero-order valence-electron chi connectivity index (χ0n) is 16.0. The van der Waals surface area contributed by atoms with E-state index in [0.717, 1.165) is 12.8 Å². The predicted octanol–water partition coefficient (Wildman–Crippen LogP) is 3.70. The van der Waals surface area contributed by atoms with Crippen LogP contribution in [0.3, 0.4) is 0 Å². The zero-order chi connectivity index (χ0) is 18.9. The number of hydrogen-bond donors (Lipinski definition) is 0. The highest BCUT2D eigenvalue weighted by molar-refractivity contribution is 5.71. The van der Waals surface area contributed by atoms with Gasteiger partial charge in [-0.1, -0.05) is 34.1 Å². The highest BCUT2D eigenvalue weighted by Gasteiger charge is 2.49. The number of esters is 3. The zero-order valence-corrected chi connectivity index (χ0v) is 16.0. The number of unbranched alkanes of at least 4 members (excludes halogenated alkanes) is 1. The standard InChI is InChI=1S/C19H32O6/c1-5-9-11-19(25-18(22)8-4)12-10-14(23-16(20)6-2)13-15(19)24-17(21)7-3/h14-15H,5-13H2,1-4H3. The quantitative estimate of drug-likeness (QED) is 0.463. The fourth-order valence-electron chi connectivity index (χ4n) is 3.14. The predicted molar refractivity (Wildman–Crippen MR) is 92.8 cm³/mol. The third-order valence-corrected chi connectivity index (χ3v) is 4.66. The van der Waals surface area contributed by atoms with Crippen molar-refractivity contribution in [2.45, 2.75) is 103 Å². The molecule has 0 saturated heterocycles. The van der Waals surface area contributed by atoms with E-state index in [1.54, 1.807) is 20.8 Å². The largest absolute Gasteiger partial charge is 0.462 e. The van der Waals surface area contributed by atoms with Crippen LogP contribution in [0.2, 0.25) is 0 Å². The number of hydrogen-bond acceptors (Lipinski definition) is 6. The maximum atomic E-state index is 12.0. The van der Waals surface area contributed by atoms with E-state index in [2.05, 4.69) is 6.92 Å². The molecule has 0 heterocycles. The molecule has 6 heteroatoms. The minimum Gasteiger partial charge on any atom is -0.462 e. The van der Waals surface area contributed by atoms with Gasteiger partial charge in [-0.3, -0.25) is 14.4 Å². The van der Waals surface area contributed by atoms with E-state index in [1.165, 1.54) is 0 Å². The van der Waals surface area contributed by atoms with E-state index in [9.17, 15) is 14.4 Å². The molecule has 0 aliphatic heterocycles. The fraction of sp³-hybridized carbons (Fsp3) is 0.842. The van der Waals surface area contributed by atoms with Gasteiger partial charge < -0.3 is 14.2 Å². The van der Waals surface area contributed by atoms with Crippen LogP contribution in [0.1, 0.15) is 85.5 Å². The van der Waals surface area contributed by atoms with Crippen LogP contribution in [0.25, 0.3) is 0 Å². The van der Waals surface area contributed by atoms with Crippen molar-refractivity contribution in [3.05, 3.63) is 0 Å². The molecule has 1 aliphatic rings. The molecule has 3 unspecified atom stereocenters. The molecule has 1 fully saturated rings. The van der Waals surface area contributed by atoms with Crippen LogP contribution in [0.4, 0.5) is 0 Å². The van der Waals surface area contributed by atoms with Crippen molar-refractivity contribution in [1.29, 1.82) is 0 Å². The van der Waals surface area contributed by atoms with Crippen molar-refractivity contribution in [3.63, 3.8) is 0 Å². The van der Waals surface area contributed by atoms with Crippen molar-refractivity contribution in [1.82, 2.24) is 0 Å². The van der Waals surface area contributed by atoms with Crippen LogP contribution < -0.4 is 0 Å². The number of carbonyl (C=O) groups excluding carboxylic acids is 3. The van der Waals surface area contributed by atoms with E-state index >= 15 is 0 Å². The topological polar surface area (TPSA) is 78.9 Å². The first-order valence-electron chi connectivity index (χ1n) is 9.51. The van der Waals surface area contributed by atoms with Gasteiger partial charge in [0.15, 0.2) is 0 Å². The molecule has 0 amide bonds. The normalized spacial score (nSPS) is 25.9. The number of carbonyl (C=O) groups is 3. The van der Waals surface area contributed by atoms with E-state index in [1.807, 2.05) is 0 Å². The summed E-state index contributed by atoms with van der Waals surface area (Å²) in [4.78, 5) is 35.5. The Hall–Kier alpha value is -1.59. The van der Waals surface area contributed by atoms with E-state index in [-0.39, 0.29) is 36.9 Å². The first-order valence-corrected chi connectivity index (χ1v) is 9.51. The Bertz CT molecular complexity index is 461. The molecular formula is C19H32O6. The highest BCUT2D eigenvalue weighted by Crippen LogP contribution is 2.40. The van der Waals surface area contributed by atoms with Crippen LogP contribution in [-0.4, -0.2) is 35.7 Å². The van der Waals surface area contributed by atoms with Gasteiger partial charge in [-0.15, -0.1) is 0 Å². The minimum atomic E-state index is -0.816. The molecule has 1 aliphatic carbocycles. The molecule has 6 nitrogen and oxygen atoms in total. The SMILES string of the molecule is CCCCC1(OC(=O)CC)CCC(OC(=O)CC)CC1OC(=O)CC. The van der Waals surface area contributed by atoms with Crippen LogP contribution >= 0.6 is 0 Å². The van der Waals surface area contributed by atoms with Gasteiger partial charge in [0.2, 0.25) is 0 Å². The maximum absolute atomic E-state index is 12.0. The molecule has 144 valence electrons. The van der Waals surface area contributed by atoms with Gasteiger partial charge in [0.1, 0.15) is 17.8 Å². The van der Waals surface area contributed by atoms with Crippen molar-refractivity contribution >= 4 is 17.9 Å². The Kier molecular flexibility index (Phi) is 8.93. The lowest BCUT2D eigenvalue weighted by Crippen LogP contribution is -2.53. The molecular weight excluding hydrogens is 324 g/mol. The average Bonchev–Trinajstić information content (AvgIpc) is 2.62. The molecule has 0 N–H and O–H groups in total.